The number of fused-ring (bicyclic) bond motifs is 2. The van der Waals surface area contributed by atoms with Crippen molar-refractivity contribution in [2.24, 2.45) is 0 Å². The lowest BCUT2D eigenvalue weighted by Crippen LogP contribution is -2.64. The number of rotatable bonds is 7. The largest absolute Gasteiger partial charge is 0.481 e. The van der Waals surface area contributed by atoms with Crippen molar-refractivity contribution in [1.82, 2.24) is 25.6 Å². The Labute approximate surface area is 205 Å². The molecule has 0 bridgehead atoms. The SMILES string of the molecule is O=CC(CC(=O)O)NC(=O)C1CCCN2C(=O)CCC(NC(=O)c3ccc4ccccc4n3)C(=O)N12. The Morgan fingerprint density at radius 3 is 2.67 bits per heavy atom. The van der Waals surface area contributed by atoms with E-state index < -0.39 is 48.2 Å². The summed E-state index contributed by atoms with van der Waals surface area (Å²) in [5.74, 6) is -3.64. The molecule has 1 aromatic heterocycles. The van der Waals surface area contributed by atoms with Gasteiger partial charge in [-0.25, -0.2) is 9.99 Å². The number of nitrogens with zero attached hydrogens (tertiary/aromatic N) is 3. The highest BCUT2D eigenvalue weighted by atomic mass is 16.4. The lowest BCUT2D eigenvalue weighted by atomic mass is 10.0. The lowest BCUT2D eigenvalue weighted by molar-refractivity contribution is -0.176. The number of aliphatic carboxylic acids is 1. The van der Waals surface area contributed by atoms with Crippen molar-refractivity contribution in [2.45, 2.75) is 50.2 Å². The third kappa shape index (κ3) is 5.16. The third-order valence-electron chi connectivity index (χ3n) is 6.19. The van der Waals surface area contributed by atoms with E-state index in [0.29, 0.717) is 18.2 Å². The second-order valence-electron chi connectivity index (χ2n) is 8.66. The molecule has 2 aliphatic heterocycles. The van der Waals surface area contributed by atoms with Gasteiger partial charge in [0.1, 0.15) is 24.1 Å². The molecule has 3 atom stereocenters. The number of carbonyl (C=O) groups excluding carboxylic acids is 5. The fraction of sp³-hybridized carbons (Fsp3) is 0.375. The molecule has 2 aromatic rings. The number of carboxylic acid groups (broad SMARTS) is 1. The van der Waals surface area contributed by atoms with Gasteiger partial charge in [0, 0.05) is 18.4 Å². The summed E-state index contributed by atoms with van der Waals surface area (Å²) in [5, 5.41) is 17.0. The maximum Gasteiger partial charge on any atom is 0.305 e. The van der Waals surface area contributed by atoms with Gasteiger partial charge in [0.2, 0.25) is 11.8 Å². The van der Waals surface area contributed by atoms with E-state index in [-0.39, 0.29) is 37.4 Å². The Kier molecular flexibility index (Phi) is 7.23. The van der Waals surface area contributed by atoms with Gasteiger partial charge in [-0.15, -0.1) is 0 Å². The molecule has 12 nitrogen and oxygen atoms in total. The number of carboxylic acids is 1. The van der Waals surface area contributed by atoms with Crippen molar-refractivity contribution in [3.63, 3.8) is 0 Å². The van der Waals surface area contributed by atoms with Gasteiger partial charge in [0.05, 0.1) is 18.0 Å². The number of benzene rings is 1. The first-order valence-electron chi connectivity index (χ1n) is 11.6. The van der Waals surface area contributed by atoms with Gasteiger partial charge < -0.3 is 20.5 Å². The second-order valence-corrected chi connectivity index (χ2v) is 8.66. The Balaban J connectivity index is 1.54. The summed E-state index contributed by atoms with van der Waals surface area (Å²) < 4.78 is 0. The van der Waals surface area contributed by atoms with E-state index in [1.807, 2.05) is 12.1 Å². The quantitative estimate of drug-likeness (QED) is 0.452. The molecule has 4 amide bonds. The standard InChI is InChI=1S/C24H25N5O7/c30-13-15(12-21(32)33)25-23(35)19-6-3-11-28-20(31)10-9-18(24(36)29(19)28)27-22(34)17-8-7-14-4-1-2-5-16(14)26-17/h1-2,4-5,7-8,13,15,18-19H,3,6,9-12H2,(H,25,35)(H,27,34)(H,32,33). The first-order chi connectivity index (χ1) is 17.3. The zero-order chi connectivity index (χ0) is 25.8. The molecule has 188 valence electrons. The van der Waals surface area contributed by atoms with Gasteiger partial charge in [0.15, 0.2) is 0 Å². The van der Waals surface area contributed by atoms with Crippen LogP contribution in [0.5, 0.6) is 0 Å². The van der Waals surface area contributed by atoms with E-state index in [1.54, 1.807) is 18.2 Å². The van der Waals surface area contributed by atoms with Gasteiger partial charge in [-0.3, -0.25) is 29.0 Å². The van der Waals surface area contributed by atoms with Crippen molar-refractivity contribution in [1.29, 1.82) is 0 Å². The van der Waals surface area contributed by atoms with Crippen LogP contribution in [0.3, 0.4) is 0 Å². The average Bonchev–Trinajstić information content (AvgIpc) is 2.99. The van der Waals surface area contributed by atoms with Crippen LogP contribution in [0.15, 0.2) is 36.4 Å². The number of hydrogen-bond acceptors (Lipinski definition) is 7. The molecule has 0 radical (unpaired) electrons. The maximum atomic E-state index is 13.5. The summed E-state index contributed by atoms with van der Waals surface area (Å²) in [6, 6.07) is 7.02. The zero-order valence-corrected chi connectivity index (χ0v) is 19.3. The molecule has 0 spiro atoms. The van der Waals surface area contributed by atoms with E-state index in [4.69, 9.17) is 5.11 Å². The highest BCUT2D eigenvalue weighted by molar-refractivity contribution is 6.00. The molecule has 2 fully saturated rings. The fourth-order valence-electron chi connectivity index (χ4n) is 4.43. The van der Waals surface area contributed by atoms with Crippen LogP contribution in [-0.4, -0.2) is 80.7 Å². The molecule has 1 aromatic carbocycles. The zero-order valence-electron chi connectivity index (χ0n) is 19.3. The van der Waals surface area contributed by atoms with Crippen LogP contribution >= 0.6 is 0 Å². The van der Waals surface area contributed by atoms with Gasteiger partial charge in [-0.05, 0) is 31.4 Å². The summed E-state index contributed by atoms with van der Waals surface area (Å²) in [6.45, 7) is 0.216. The summed E-state index contributed by atoms with van der Waals surface area (Å²) in [7, 11) is 0. The molecule has 0 aliphatic carbocycles. The molecule has 2 aliphatic rings. The van der Waals surface area contributed by atoms with Gasteiger partial charge in [0.25, 0.3) is 11.8 Å². The smallest absolute Gasteiger partial charge is 0.305 e. The number of hydrogen-bond donors (Lipinski definition) is 3. The Hall–Kier alpha value is -4.35. The fourth-order valence-corrected chi connectivity index (χ4v) is 4.43. The van der Waals surface area contributed by atoms with Crippen LogP contribution in [0, 0.1) is 0 Å². The molecule has 12 heteroatoms. The van der Waals surface area contributed by atoms with Crippen molar-refractivity contribution >= 4 is 46.8 Å². The minimum absolute atomic E-state index is 0.0251. The number of aromatic nitrogens is 1. The third-order valence-corrected chi connectivity index (χ3v) is 6.19. The van der Waals surface area contributed by atoms with Crippen molar-refractivity contribution in [3.05, 3.63) is 42.1 Å². The topological polar surface area (TPSA) is 166 Å². The first kappa shape index (κ1) is 24.8. The molecule has 4 rings (SSSR count). The summed E-state index contributed by atoms with van der Waals surface area (Å²) in [6.07, 6.45) is 0.331. The minimum atomic E-state index is -1.28. The predicted octanol–water partition coefficient (Wildman–Crippen LogP) is 0.0200. The molecule has 2 saturated heterocycles. The Morgan fingerprint density at radius 2 is 1.92 bits per heavy atom. The van der Waals surface area contributed by atoms with Crippen LogP contribution in [0.25, 0.3) is 10.9 Å². The number of amides is 4. The van der Waals surface area contributed by atoms with Crippen LogP contribution in [-0.2, 0) is 24.0 Å². The van der Waals surface area contributed by atoms with Gasteiger partial charge in [-0.1, -0.05) is 24.3 Å². The highest BCUT2D eigenvalue weighted by Gasteiger charge is 2.45. The van der Waals surface area contributed by atoms with Crippen LogP contribution in [0.2, 0.25) is 0 Å². The number of aldehydes is 1. The number of carbonyl (C=O) groups is 6. The number of hydrazine groups is 1. The van der Waals surface area contributed by atoms with Gasteiger partial charge in [-0.2, -0.15) is 0 Å². The van der Waals surface area contributed by atoms with Crippen molar-refractivity contribution < 1.29 is 33.9 Å². The normalized spacial score (nSPS) is 20.8. The summed E-state index contributed by atoms with van der Waals surface area (Å²) in [4.78, 5) is 78.7. The number of para-hydroxylation sites is 1. The second kappa shape index (κ2) is 10.5. The van der Waals surface area contributed by atoms with E-state index in [1.165, 1.54) is 11.1 Å². The predicted molar refractivity (Wildman–Crippen MR) is 124 cm³/mol. The molecule has 3 unspecified atom stereocenters. The Morgan fingerprint density at radius 1 is 1.14 bits per heavy atom. The molecule has 36 heavy (non-hydrogen) atoms. The van der Waals surface area contributed by atoms with Crippen LogP contribution in [0.1, 0.15) is 42.6 Å². The average molecular weight is 495 g/mol. The molecular weight excluding hydrogens is 470 g/mol. The molecule has 3 N–H and O–H groups in total. The van der Waals surface area contributed by atoms with Gasteiger partial charge >= 0.3 is 5.97 Å². The highest BCUT2D eigenvalue weighted by Crippen LogP contribution is 2.25. The van der Waals surface area contributed by atoms with E-state index in [2.05, 4.69) is 15.6 Å². The molecular formula is C24H25N5O7. The molecule has 3 heterocycles. The van der Waals surface area contributed by atoms with Crippen molar-refractivity contribution in [3.8, 4) is 0 Å². The number of pyridine rings is 1. The van der Waals surface area contributed by atoms with E-state index in [9.17, 15) is 28.8 Å². The van der Waals surface area contributed by atoms with Crippen LogP contribution < -0.4 is 10.6 Å². The van der Waals surface area contributed by atoms with Crippen molar-refractivity contribution in [2.75, 3.05) is 6.54 Å². The molecule has 0 saturated carbocycles. The van der Waals surface area contributed by atoms with E-state index in [0.717, 1.165) is 10.4 Å². The maximum absolute atomic E-state index is 13.5. The minimum Gasteiger partial charge on any atom is -0.481 e. The summed E-state index contributed by atoms with van der Waals surface area (Å²) in [5.41, 5.74) is 0.710. The number of nitrogens with one attached hydrogen (secondary N) is 2. The first-order valence-corrected chi connectivity index (χ1v) is 11.6. The lowest BCUT2D eigenvalue weighted by Gasteiger charge is -2.43. The summed E-state index contributed by atoms with van der Waals surface area (Å²) >= 11 is 0. The monoisotopic (exact) mass is 495 g/mol. The van der Waals surface area contributed by atoms with E-state index >= 15 is 0 Å². The van der Waals surface area contributed by atoms with Crippen LogP contribution in [0.4, 0.5) is 0 Å². The Bertz CT molecular complexity index is 1230.